The van der Waals surface area contributed by atoms with E-state index in [0.29, 0.717) is 0 Å². The fourth-order valence-corrected chi connectivity index (χ4v) is 1.41. The first kappa shape index (κ1) is 16.4. The maximum atomic E-state index is 13.0. The van der Waals surface area contributed by atoms with Crippen molar-refractivity contribution in [2.75, 3.05) is 11.9 Å². The van der Waals surface area contributed by atoms with Crippen LogP contribution in [0.1, 0.15) is 13.3 Å². The van der Waals surface area contributed by atoms with E-state index in [2.05, 4.69) is 10.6 Å². The summed E-state index contributed by atoms with van der Waals surface area (Å²) in [5, 5.41) is 4.64. The number of hydrogen-bond acceptors (Lipinski definition) is 4. The summed E-state index contributed by atoms with van der Waals surface area (Å²) in [5.74, 6) is -1.74. The molecule has 1 aromatic rings. The zero-order valence-electron chi connectivity index (χ0n) is 11.4. The van der Waals surface area contributed by atoms with Gasteiger partial charge < -0.3 is 21.1 Å². The van der Waals surface area contributed by atoms with E-state index in [0.717, 1.165) is 6.07 Å². The van der Waals surface area contributed by atoms with Gasteiger partial charge in [-0.15, -0.1) is 0 Å². The molecule has 0 saturated heterocycles. The molecular formula is C13H16FN3O4. The number of ether oxygens (including phenoxy) is 1. The molecule has 21 heavy (non-hydrogen) atoms. The van der Waals surface area contributed by atoms with E-state index in [4.69, 9.17) is 10.5 Å². The largest absolute Gasteiger partial charge is 0.452 e. The van der Waals surface area contributed by atoms with E-state index in [-0.39, 0.29) is 18.7 Å². The fraction of sp³-hybridized carbons (Fsp3) is 0.308. The summed E-state index contributed by atoms with van der Waals surface area (Å²) >= 11 is 0. The van der Waals surface area contributed by atoms with Gasteiger partial charge in [-0.3, -0.25) is 9.59 Å². The summed E-state index contributed by atoms with van der Waals surface area (Å²) in [6.07, 6.45) is -1.16. The molecule has 0 radical (unpaired) electrons. The Bertz CT molecular complexity index is 536. The van der Waals surface area contributed by atoms with Gasteiger partial charge in [0.1, 0.15) is 5.82 Å². The van der Waals surface area contributed by atoms with Crippen LogP contribution in [0.15, 0.2) is 24.3 Å². The molecule has 0 aliphatic heterocycles. The second-order valence-corrected chi connectivity index (χ2v) is 4.17. The van der Waals surface area contributed by atoms with Gasteiger partial charge in [-0.1, -0.05) is 6.07 Å². The van der Waals surface area contributed by atoms with Gasteiger partial charge in [-0.05, 0) is 25.1 Å². The maximum absolute atomic E-state index is 13.0. The molecule has 8 heteroatoms. The minimum absolute atomic E-state index is 0.0202. The van der Waals surface area contributed by atoms with Gasteiger partial charge in [0, 0.05) is 12.2 Å². The van der Waals surface area contributed by atoms with Crippen molar-refractivity contribution in [3.05, 3.63) is 30.1 Å². The Morgan fingerprint density at radius 3 is 2.71 bits per heavy atom. The summed E-state index contributed by atoms with van der Waals surface area (Å²) in [6, 6.07) is 4.58. The molecule has 7 nitrogen and oxygen atoms in total. The van der Waals surface area contributed by atoms with E-state index in [1.165, 1.54) is 25.1 Å². The van der Waals surface area contributed by atoms with E-state index >= 15 is 0 Å². The highest BCUT2D eigenvalue weighted by atomic mass is 19.1. The third-order valence-corrected chi connectivity index (χ3v) is 2.40. The standard InChI is InChI=1S/C13H16FN3O4/c1-8(21-11(18)5-6-16-13(15)20)12(19)17-10-4-2-3-9(14)7-10/h2-4,7-8H,5-6H2,1H3,(H,17,19)(H3,15,16,20)/t8-/m1/s1. The van der Waals surface area contributed by atoms with Crippen molar-refractivity contribution < 1.29 is 23.5 Å². The van der Waals surface area contributed by atoms with Gasteiger partial charge in [0.25, 0.3) is 5.91 Å². The number of hydrogen-bond donors (Lipinski definition) is 3. The molecule has 1 aromatic carbocycles. The summed E-state index contributed by atoms with van der Waals surface area (Å²) in [6.45, 7) is 1.40. The van der Waals surface area contributed by atoms with Crippen molar-refractivity contribution in [3.8, 4) is 0 Å². The van der Waals surface area contributed by atoms with Gasteiger partial charge in [0.05, 0.1) is 6.42 Å². The summed E-state index contributed by atoms with van der Waals surface area (Å²) in [4.78, 5) is 33.5. The zero-order valence-corrected chi connectivity index (χ0v) is 11.4. The predicted molar refractivity (Wildman–Crippen MR) is 72.8 cm³/mol. The van der Waals surface area contributed by atoms with Crippen LogP contribution in [0.5, 0.6) is 0 Å². The monoisotopic (exact) mass is 297 g/mol. The lowest BCUT2D eigenvalue weighted by atomic mass is 10.3. The molecular weight excluding hydrogens is 281 g/mol. The molecule has 114 valence electrons. The van der Waals surface area contributed by atoms with Gasteiger partial charge in [-0.2, -0.15) is 0 Å². The summed E-state index contributed by atoms with van der Waals surface area (Å²) < 4.78 is 17.8. The van der Waals surface area contributed by atoms with Crippen molar-refractivity contribution in [2.24, 2.45) is 5.73 Å². The Morgan fingerprint density at radius 1 is 1.38 bits per heavy atom. The van der Waals surface area contributed by atoms with Crippen molar-refractivity contribution in [3.63, 3.8) is 0 Å². The van der Waals surface area contributed by atoms with Crippen molar-refractivity contribution in [2.45, 2.75) is 19.4 Å². The fourth-order valence-electron chi connectivity index (χ4n) is 1.41. The first-order chi connectivity index (χ1) is 9.88. The number of esters is 1. The Balaban J connectivity index is 2.40. The topological polar surface area (TPSA) is 111 Å². The van der Waals surface area contributed by atoms with Gasteiger partial charge in [0.2, 0.25) is 0 Å². The zero-order chi connectivity index (χ0) is 15.8. The lowest BCUT2D eigenvalue weighted by Crippen LogP contribution is -2.33. The number of benzene rings is 1. The number of carbonyl (C=O) groups is 3. The van der Waals surface area contributed by atoms with Crippen LogP contribution in [-0.4, -0.2) is 30.6 Å². The average Bonchev–Trinajstić information content (AvgIpc) is 2.38. The number of nitrogens with two attached hydrogens (primary N) is 1. The van der Waals surface area contributed by atoms with Crippen LogP contribution in [0, 0.1) is 5.82 Å². The van der Waals surface area contributed by atoms with Gasteiger partial charge >= 0.3 is 12.0 Å². The summed E-state index contributed by atoms with van der Waals surface area (Å²) in [5.41, 5.74) is 5.09. The minimum Gasteiger partial charge on any atom is -0.452 e. The van der Waals surface area contributed by atoms with Crippen LogP contribution >= 0.6 is 0 Å². The number of primary amides is 1. The Hall–Kier alpha value is -2.64. The number of anilines is 1. The highest BCUT2D eigenvalue weighted by molar-refractivity contribution is 5.95. The molecule has 0 heterocycles. The Labute approximate surface area is 120 Å². The SMILES string of the molecule is C[C@@H](OC(=O)CCNC(N)=O)C(=O)Nc1cccc(F)c1. The van der Waals surface area contributed by atoms with Crippen LogP contribution in [0.2, 0.25) is 0 Å². The predicted octanol–water partition coefficient (Wildman–Crippen LogP) is 0.754. The first-order valence-electron chi connectivity index (χ1n) is 6.17. The number of urea groups is 1. The number of rotatable bonds is 6. The van der Waals surface area contributed by atoms with Crippen LogP contribution in [0.25, 0.3) is 0 Å². The molecule has 0 spiro atoms. The van der Waals surface area contributed by atoms with Crippen LogP contribution in [0.3, 0.4) is 0 Å². The lowest BCUT2D eigenvalue weighted by Gasteiger charge is -2.13. The lowest BCUT2D eigenvalue weighted by molar-refractivity contribution is -0.153. The second kappa shape index (κ2) is 7.83. The third kappa shape index (κ3) is 6.37. The minimum atomic E-state index is -1.05. The highest BCUT2D eigenvalue weighted by Crippen LogP contribution is 2.10. The second-order valence-electron chi connectivity index (χ2n) is 4.17. The molecule has 4 N–H and O–H groups in total. The molecule has 1 atom stereocenters. The molecule has 0 bridgehead atoms. The van der Waals surface area contributed by atoms with Crippen molar-refractivity contribution in [1.82, 2.24) is 5.32 Å². The number of halogens is 1. The van der Waals surface area contributed by atoms with Crippen molar-refractivity contribution in [1.29, 1.82) is 0 Å². The van der Waals surface area contributed by atoms with Crippen LogP contribution in [0.4, 0.5) is 14.9 Å². The van der Waals surface area contributed by atoms with E-state index in [1.54, 1.807) is 0 Å². The Kier molecular flexibility index (Phi) is 6.12. The quantitative estimate of drug-likeness (QED) is 0.673. The summed E-state index contributed by atoms with van der Waals surface area (Å²) in [7, 11) is 0. The molecule has 0 unspecified atom stereocenters. The smallest absolute Gasteiger partial charge is 0.312 e. The molecule has 1 rings (SSSR count). The van der Waals surface area contributed by atoms with E-state index < -0.39 is 29.8 Å². The molecule has 0 aliphatic rings. The number of carbonyl (C=O) groups excluding carboxylic acids is 3. The molecule has 3 amide bonds. The highest BCUT2D eigenvalue weighted by Gasteiger charge is 2.17. The number of amides is 3. The first-order valence-corrected chi connectivity index (χ1v) is 6.17. The van der Waals surface area contributed by atoms with Gasteiger partial charge in [-0.25, -0.2) is 9.18 Å². The Morgan fingerprint density at radius 2 is 2.10 bits per heavy atom. The van der Waals surface area contributed by atoms with Crippen LogP contribution < -0.4 is 16.4 Å². The number of nitrogens with one attached hydrogen (secondary N) is 2. The normalized spacial score (nSPS) is 11.3. The molecule has 0 aromatic heterocycles. The van der Waals surface area contributed by atoms with E-state index in [1.807, 2.05) is 0 Å². The maximum Gasteiger partial charge on any atom is 0.312 e. The third-order valence-electron chi connectivity index (χ3n) is 2.40. The molecule has 0 fully saturated rings. The molecule has 0 aliphatic carbocycles. The van der Waals surface area contributed by atoms with E-state index in [9.17, 15) is 18.8 Å². The van der Waals surface area contributed by atoms with Gasteiger partial charge in [0.15, 0.2) is 6.10 Å². The average molecular weight is 297 g/mol. The van der Waals surface area contributed by atoms with Crippen molar-refractivity contribution >= 4 is 23.6 Å². The van der Waals surface area contributed by atoms with Crippen LogP contribution in [-0.2, 0) is 14.3 Å². The molecule has 0 saturated carbocycles.